The maximum absolute atomic E-state index is 3.06. The molecule has 6 aromatic rings. The van der Waals surface area contributed by atoms with E-state index in [9.17, 15) is 0 Å². The quantitative estimate of drug-likeness (QED) is 0.125. The minimum atomic E-state index is 0. The summed E-state index contributed by atoms with van der Waals surface area (Å²) in [6.45, 7) is 20.9. The number of aryl methyl sites for hydroxylation is 3. The zero-order valence-corrected chi connectivity index (χ0v) is 34.3. The van der Waals surface area contributed by atoms with Crippen LogP contribution in [0.1, 0.15) is 68.4 Å². The second kappa shape index (κ2) is 18.9. The molecule has 0 unspecified atom stereocenters. The van der Waals surface area contributed by atoms with E-state index < -0.39 is 0 Å². The van der Waals surface area contributed by atoms with E-state index in [4.69, 9.17) is 0 Å². The monoisotopic (exact) mass is 742 g/mol. The van der Waals surface area contributed by atoms with Gasteiger partial charge >= 0.3 is 30.2 Å². The molecule has 244 valence electrons. The second-order valence-corrected chi connectivity index (χ2v) is 12.7. The van der Waals surface area contributed by atoms with Crippen molar-refractivity contribution in [3.8, 4) is 22.3 Å². The molecule has 0 amide bonds. The molecule has 0 N–H and O–H groups in total. The predicted molar refractivity (Wildman–Crippen MR) is 210 cm³/mol. The molecule has 0 aliphatic heterocycles. The van der Waals surface area contributed by atoms with E-state index in [2.05, 4.69) is 165 Å². The Balaban J connectivity index is 0.000000774. The molecule has 2 radical (unpaired) electrons. The van der Waals surface area contributed by atoms with Crippen molar-refractivity contribution in [2.24, 2.45) is 0 Å². The van der Waals surface area contributed by atoms with Gasteiger partial charge in [0, 0.05) is 0 Å². The number of rotatable bonds is 3. The molecule has 0 aromatic heterocycles. The molecule has 0 saturated carbocycles. The fraction of sp³-hybridized carbons (Fsp3) is 0.238. The summed E-state index contributed by atoms with van der Waals surface area (Å²) in [5.41, 5.74) is 12.4. The van der Waals surface area contributed by atoms with Gasteiger partial charge in [0.15, 0.2) is 0 Å². The summed E-state index contributed by atoms with van der Waals surface area (Å²) in [4.78, 5) is 0. The first kappa shape index (κ1) is 43.8. The van der Waals surface area contributed by atoms with Crippen molar-refractivity contribution in [2.75, 3.05) is 0 Å². The van der Waals surface area contributed by atoms with Crippen LogP contribution in [0.4, 0.5) is 0 Å². The van der Waals surface area contributed by atoms with E-state index in [1.807, 2.05) is 0 Å². The number of hydrogen-bond donors (Lipinski definition) is 0. The number of benzene rings is 4. The predicted octanol–water partition coefficient (Wildman–Crippen LogP) is 13.2. The van der Waals surface area contributed by atoms with Crippen LogP contribution in [0.2, 0.25) is 0 Å². The Hall–Kier alpha value is -2.22. The van der Waals surface area contributed by atoms with Gasteiger partial charge in [-0.3, -0.25) is 0 Å². The summed E-state index contributed by atoms with van der Waals surface area (Å²) in [6, 6.07) is 38.0. The average molecular weight is 745 g/mol. The molecule has 0 saturated heterocycles. The SMILES string of the molecule is Cc1cc2c(-c3ccc(C(C)(C)C)cc3)ccc(C)c2[cH-]1.Cc1ccccc1-c1cccc2[cH-]c(C(C)C)cc12.Cl.Cl.[CH3-].[CH3-].[Si]=[Zr]. The first-order valence-corrected chi connectivity index (χ1v) is 19.0. The third kappa shape index (κ3) is 9.90. The Bertz CT molecular complexity index is 1800. The van der Waals surface area contributed by atoms with Crippen LogP contribution in [0, 0.1) is 35.6 Å². The summed E-state index contributed by atoms with van der Waals surface area (Å²) >= 11 is 1.36. The van der Waals surface area contributed by atoms with Gasteiger partial charge in [-0.15, -0.1) is 93.4 Å². The first-order chi connectivity index (χ1) is 20.0. The molecule has 0 bridgehead atoms. The van der Waals surface area contributed by atoms with Crippen LogP contribution in [-0.4, -0.2) is 6.88 Å². The van der Waals surface area contributed by atoms with Crippen molar-refractivity contribution < 1.29 is 23.3 Å². The van der Waals surface area contributed by atoms with Crippen LogP contribution in [-0.2, 0) is 28.8 Å². The summed E-state index contributed by atoms with van der Waals surface area (Å²) in [5.74, 6) is 0.581. The summed E-state index contributed by atoms with van der Waals surface area (Å²) < 4.78 is 0. The maximum atomic E-state index is 3.06. The van der Waals surface area contributed by atoms with Gasteiger partial charge in [-0.1, -0.05) is 120 Å². The molecule has 6 aromatic carbocycles. The summed E-state index contributed by atoms with van der Waals surface area (Å²) in [6.07, 6.45) is 0. The Morgan fingerprint density at radius 3 is 1.83 bits per heavy atom. The van der Waals surface area contributed by atoms with Crippen molar-refractivity contribution in [3.63, 3.8) is 0 Å². The van der Waals surface area contributed by atoms with Gasteiger partial charge < -0.3 is 14.9 Å². The molecule has 0 spiro atoms. The standard InChI is InChI=1S/C21H23.C19H19.2CH3.2ClH.Si.Zr/c1-14-12-19-15(2)6-11-18(20(19)13-14)16-7-9-17(10-8-16)21(3,4)5;1-13(2)16-11-15-8-6-10-18(19(15)12-16)17-9-5-4-7-14(17)3;;;;;;/h6-13H,1-5H3;4-13H,1-3H3;2*1H3;2*1H;;/q4*-1;;;;. The fourth-order valence-electron chi connectivity index (χ4n) is 5.69. The van der Waals surface area contributed by atoms with E-state index in [1.165, 1.54) is 95.0 Å². The Morgan fingerprint density at radius 2 is 1.24 bits per heavy atom. The third-order valence-corrected chi connectivity index (χ3v) is 8.19. The van der Waals surface area contributed by atoms with Gasteiger partial charge in [0.2, 0.25) is 0 Å². The van der Waals surface area contributed by atoms with Crippen LogP contribution in [0.5, 0.6) is 0 Å². The zero-order chi connectivity index (χ0) is 30.6. The van der Waals surface area contributed by atoms with Crippen molar-refractivity contribution >= 4 is 53.2 Å². The van der Waals surface area contributed by atoms with Crippen molar-refractivity contribution in [3.05, 3.63) is 146 Å². The molecule has 0 aliphatic carbocycles. The van der Waals surface area contributed by atoms with Gasteiger partial charge in [-0.2, -0.15) is 12.1 Å². The van der Waals surface area contributed by atoms with Crippen molar-refractivity contribution in [2.45, 2.75) is 66.7 Å². The topological polar surface area (TPSA) is 0 Å². The summed E-state index contributed by atoms with van der Waals surface area (Å²) in [7, 11) is 0. The van der Waals surface area contributed by atoms with Crippen LogP contribution < -0.4 is 0 Å². The molecule has 0 aliphatic rings. The van der Waals surface area contributed by atoms with E-state index in [-0.39, 0.29) is 45.1 Å². The van der Waals surface area contributed by atoms with Crippen molar-refractivity contribution in [1.29, 1.82) is 0 Å². The second-order valence-electron chi connectivity index (χ2n) is 12.7. The van der Waals surface area contributed by atoms with Crippen LogP contribution in [0.3, 0.4) is 0 Å². The molecule has 0 nitrogen and oxygen atoms in total. The number of halogens is 2. The normalized spacial score (nSPS) is 10.3. The van der Waals surface area contributed by atoms with Gasteiger partial charge in [-0.25, -0.2) is 0 Å². The van der Waals surface area contributed by atoms with E-state index in [1.54, 1.807) is 0 Å². The number of hydrogen-bond acceptors (Lipinski definition) is 0. The third-order valence-electron chi connectivity index (χ3n) is 8.19. The number of fused-ring (bicyclic) bond motifs is 2. The Labute approximate surface area is 309 Å². The molecule has 46 heavy (non-hydrogen) atoms. The molecular formula is C42H50Cl2SiZr-4. The van der Waals surface area contributed by atoms with Crippen LogP contribution in [0.25, 0.3) is 43.8 Å². The summed E-state index contributed by atoms with van der Waals surface area (Å²) in [5, 5.41) is 5.48. The fourth-order valence-corrected chi connectivity index (χ4v) is 5.69. The molecule has 0 atom stereocenters. The van der Waals surface area contributed by atoms with Crippen molar-refractivity contribution in [1.82, 2.24) is 0 Å². The first-order valence-electron chi connectivity index (χ1n) is 14.8. The van der Waals surface area contributed by atoms with Crippen LogP contribution in [0.15, 0.2) is 103 Å². The van der Waals surface area contributed by atoms with Gasteiger partial charge in [0.1, 0.15) is 0 Å². The molecule has 4 heteroatoms. The molecular weight excluding hydrogens is 695 g/mol. The minimum absolute atomic E-state index is 0. The Kier molecular flexibility index (Phi) is 18.0. The van der Waals surface area contributed by atoms with Gasteiger partial charge in [0.25, 0.3) is 0 Å². The van der Waals surface area contributed by atoms with E-state index >= 15 is 0 Å². The Morgan fingerprint density at radius 1 is 0.630 bits per heavy atom. The molecule has 6 rings (SSSR count). The van der Waals surface area contributed by atoms with E-state index in [0.717, 1.165) is 0 Å². The van der Waals surface area contributed by atoms with E-state index in [0.29, 0.717) is 5.92 Å². The van der Waals surface area contributed by atoms with Gasteiger partial charge in [0.05, 0.1) is 0 Å². The molecule has 0 heterocycles. The van der Waals surface area contributed by atoms with Gasteiger partial charge in [-0.05, 0) is 40.5 Å². The average Bonchev–Trinajstić information content (AvgIpc) is 3.59. The van der Waals surface area contributed by atoms with Crippen LogP contribution >= 0.6 is 24.8 Å². The molecule has 0 fully saturated rings. The zero-order valence-electron chi connectivity index (χ0n) is 29.2.